The third-order valence-corrected chi connectivity index (χ3v) is 6.37. The number of nitrogens with one attached hydrogen (secondary N) is 1. The second-order valence-electron chi connectivity index (χ2n) is 8.45. The van der Waals surface area contributed by atoms with E-state index in [-0.39, 0.29) is 5.78 Å². The van der Waals surface area contributed by atoms with Crippen molar-refractivity contribution in [1.29, 1.82) is 0 Å². The number of para-hydroxylation sites is 1. The number of carbonyl (C=O) groups is 2. The molecule has 158 valence electrons. The predicted molar refractivity (Wildman–Crippen MR) is 118 cm³/mol. The summed E-state index contributed by atoms with van der Waals surface area (Å²) < 4.78 is 6.37. The minimum Gasteiger partial charge on any atom is -0.486 e. The van der Waals surface area contributed by atoms with Crippen molar-refractivity contribution in [2.45, 2.75) is 31.4 Å². The molecule has 5 rings (SSSR count). The van der Waals surface area contributed by atoms with E-state index in [1.807, 2.05) is 6.07 Å². The summed E-state index contributed by atoms with van der Waals surface area (Å²) in [4.78, 5) is 29.4. The quantitative estimate of drug-likeness (QED) is 0.621. The summed E-state index contributed by atoms with van der Waals surface area (Å²) in [5.41, 5.74) is 3.22. The summed E-state index contributed by atoms with van der Waals surface area (Å²) in [6, 6.07) is 13.6. The van der Waals surface area contributed by atoms with E-state index in [1.54, 1.807) is 18.2 Å². The molecule has 3 aromatic rings. The Kier molecular flexibility index (Phi) is 4.87. The van der Waals surface area contributed by atoms with Crippen LogP contribution in [0.15, 0.2) is 54.7 Å². The van der Waals surface area contributed by atoms with Crippen LogP contribution in [0.25, 0.3) is 17.0 Å². The number of likely N-dealkylation sites (tertiary alicyclic amines) is 1. The molecule has 0 atom stereocenters. The molecule has 2 aliphatic rings. The average molecular weight is 416 g/mol. The summed E-state index contributed by atoms with van der Waals surface area (Å²) in [6.45, 7) is 2.63. The standard InChI is InChI=1S/C25H24N2O4/c28-22-14-25(31-23-7-5-17(13-20(22)23)6-8-24(29)30)9-11-27(12-10-25)16-18-15-26-21-4-2-1-3-19(18)21/h1-8,13,15,26H,9-12,14,16H2,(H,29,30). The van der Waals surface area contributed by atoms with Crippen molar-refractivity contribution in [3.8, 4) is 5.75 Å². The number of aromatic nitrogens is 1. The van der Waals surface area contributed by atoms with Gasteiger partial charge in [-0.1, -0.05) is 24.3 Å². The molecular formula is C25H24N2O4. The first-order valence-electron chi connectivity index (χ1n) is 10.6. The largest absolute Gasteiger partial charge is 0.486 e. The normalized spacial score (nSPS) is 18.4. The van der Waals surface area contributed by atoms with E-state index in [1.165, 1.54) is 17.0 Å². The van der Waals surface area contributed by atoms with E-state index in [0.717, 1.165) is 44.1 Å². The highest BCUT2D eigenvalue weighted by molar-refractivity contribution is 6.01. The first kappa shape index (κ1) is 19.6. The molecule has 2 N–H and O–H groups in total. The number of carboxylic acids is 1. The molecule has 1 saturated heterocycles. The van der Waals surface area contributed by atoms with Crippen molar-refractivity contribution in [2.75, 3.05) is 13.1 Å². The summed E-state index contributed by atoms with van der Waals surface area (Å²) in [6.07, 6.45) is 6.63. The number of ether oxygens (including phenoxy) is 1. The minimum absolute atomic E-state index is 0.0666. The number of ketones is 1. The molecule has 31 heavy (non-hydrogen) atoms. The molecule has 2 aliphatic heterocycles. The van der Waals surface area contributed by atoms with E-state index in [4.69, 9.17) is 9.84 Å². The third kappa shape index (κ3) is 3.86. The Morgan fingerprint density at radius 3 is 2.81 bits per heavy atom. The summed E-state index contributed by atoms with van der Waals surface area (Å²) in [5.74, 6) is -0.343. The number of Topliss-reactive ketones (excluding diaryl/α,β-unsaturated/α-hetero) is 1. The van der Waals surface area contributed by atoms with Crippen LogP contribution in [0, 0.1) is 0 Å². The minimum atomic E-state index is -1.02. The van der Waals surface area contributed by atoms with Gasteiger partial charge in [-0.2, -0.15) is 0 Å². The van der Waals surface area contributed by atoms with Crippen LogP contribution in [-0.2, 0) is 11.3 Å². The molecule has 1 spiro atoms. The second kappa shape index (κ2) is 7.71. The summed E-state index contributed by atoms with van der Waals surface area (Å²) in [5, 5.41) is 10.1. The van der Waals surface area contributed by atoms with E-state index < -0.39 is 11.6 Å². The average Bonchev–Trinajstić information content (AvgIpc) is 3.17. The zero-order valence-corrected chi connectivity index (χ0v) is 17.1. The van der Waals surface area contributed by atoms with Gasteiger partial charge in [-0.05, 0) is 35.4 Å². The fourth-order valence-corrected chi connectivity index (χ4v) is 4.68. The lowest BCUT2D eigenvalue weighted by Gasteiger charge is -2.44. The molecule has 0 saturated carbocycles. The highest BCUT2D eigenvalue weighted by Gasteiger charge is 2.42. The maximum Gasteiger partial charge on any atom is 0.328 e. The number of H-pyrrole nitrogens is 1. The topological polar surface area (TPSA) is 82.6 Å². The molecule has 2 aromatic carbocycles. The van der Waals surface area contributed by atoms with Gasteiger partial charge in [-0.3, -0.25) is 9.69 Å². The number of fused-ring (bicyclic) bond motifs is 2. The monoisotopic (exact) mass is 416 g/mol. The van der Waals surface area contributed by atoms with Crippen molar-refractivity contribution < 1.29 is 19.4 Å². The fraction of sp³-hybridized carbons (Fsp3) is 0.280. The van der Waals surface area contributed by atoms with Gasteiger partial charge in [0.1, 0.15) is 11.4 Å². The number of carboxylic acid groups (broad SMARTS) is 1. The van der Waals surface area contributed by atoms with Gasteiger partial charge in [0.25, 0.3) is 0 Å². The predicted octanol–water partition coefficient (Wildman–Crippen LogP) is 4.27. The molecule has 1 fully saturated rings. The van der Waals surface area contributed by atoms with E-state index in [9.17, 15) is 9.59 Å². The van der Waals surface area contributed by atoms with Crippen LogP contribution in [0.4, 0.5) is 0 Å². The molecule has 3 heterocycles. The van der Waals surface area contributed by atoms with Crippen molar-refractivity contribution >= 4 is 28.7 Å². The van der Waals surface area contributed by atoms with Gasteiger partial charge in [0.05, 0.1) is 12.0 Å². The maximum atomic E-state index is 12.9. The molecule has 0 radical (unpaired) electrons. The molecule has 6 nitrogen and oxygen atoms in total. The number of hydrogen-bond acceptors (Lipinski definition) is 4. The Morgan fingerprint density at radius 2 is 2.00 bits per heavy atom. The summed E-state index contributed by atoms with van der Waals surface area (Å²) in [7, 11) is 0. The number of aliphatic carboxylic acids is 1. The Morgan fingerprint density at radius 1 is 1.19 bits per heavy atom. The van der Waals surface area contributed by atoms with E-state index in [0.29, 0.717) is 23.3 Å². The lowest BCUT2D eigenvalue weighted by atomic mass is 9.82. The number of carbonyl (C=O) groups excluding carboxylic acids is 1. The number of aromatic amines is 1. The Hall–Kier alpha value is -3.38. The number of benzene rings is 2. The molecule has 0 amide bonds. The number of nitrogens with zero attached hydrogens (tertiary/aromatic N) is 1. The first-order valence-corrected chi connectivity index (χ1v) is 10.6. The molecular weight excluding hydrogens is 392 g/mol. The van der Waals surface area contributed by atoms with Crippen LogP contribution >= 0.6 is 0 Å². The Balaban J connectivity index is 1.28. The lowest BCUT2D eigenvalue weighted by molar-refractivity contribution is -0.131. The first-order chi connectivity index (χ1) is 15.0. The van der Waals surface area contributed by atoms with Gasteiger partial charge in [-0.25, -0.2) is 4.79 Å². The van der Waals surface area contributed by atoms with Crippen molar-refractivity contribution in [3.63, 3.8) is 0 Å². The van der Waals surface area contributed by atoms with Crippen LogP contribution in [0.3, 0.4) is 0 Å². The van der Waals surface area contributed by atoms with Gasteiger partial charge in [0.2, 0.25) is 0 Å². The van der Waals surface area contributed by atoms with Crippen molar-refractivity contribution in [2.24, 2.45) is 0 Å². The SMILES string of the molecule is O=C(O)C=Cc1ccc2c(c1)C(=O)CC1(CCN(Cc3c[nH]c4ccccc34)CC1)O2. The molecule has 1 aromatic heterocycles. The highest BCUT2D eigenvalue weighted by atomic mass is 16.5. The van der Waals surface area contributed by atoms with Crippen molar-refractivity contribution in [3.05, 3.63) is 71.4 Å². The number of piperidine rings is 1. The summed E-state index contributed by atoms with van der Waals surface area (Å²) >= 11 is 0. The van der Waals surface area contributed by atoms with Crippen LogP contribution in [-0.4, -0.2) is 45.4 Å². The van der Waals surface area contributed by atoms with Gasteiger partial charge in [-0.15, -0.1) is 0 Å². The van der Waals surface area contributed by atoms with Gasteiger partial charge < -0.3 is 14.8 Å². The molecule has 0 aliphatic carbocycles. The smallest absolute Gasteiger partial charge is 0.328 e. The van der Waals surface area contributed by atoms with E-state index >= 15 is 0 Å². The Labute approximate surface area is 180 Å². The highest BCUT2D eigenvalue weighted by Crippen LogP contribution is 2.40. The second-order valence-corrected chi connectivity index (χ2v) is 8.45. The third-order valence-electron chi connectivity index (χ3n) is 6.37. The van der Waals surface area contributed by atoms with E-state index in [2.05, 4.69) is 34.3 Å². The fourth-order valence-electron chi connectivity index (χ4n) is 4.68. The number of rotatable bonds is 4. The molecule has 0 bridgehead atoms. The maximum absolute atomic E-state index is 12.9. The molecule has 6 heteroatoms. The van der Waals surface area contributed by atoms with Crippen LogP contribution in [0.5, 0.6) is 5.75 Å². The van der Waals surface area contributed by atoms with Crippen LogP contribution in [0.2, 0.25) is 0 Å². The molecule has 0 unspecified atom stereocenters. The zero-order chi connectivity index (χ0) is 21.4. The van der Waals surface area contributed by atoms with Crippen LogP contribution < -0.4 is 4.74 Å². The van der Waals surface area contributed by atoms with Gasteiger partial charge >= 0.3 is 5.97 Å². The lowest BCUT2D eigenvalue weighted by Crippen LogP contribution is -2.50. The Bertz CT molecular complexity index is 1190. The van der Waals surface area contributed by atoms with Gasteiger partial charge in [0.15, 0.2) is 5.78 Å². The zero-order valence-electron chi connectivity index (χ0n) is 17.1. The van der Waals surface area contributed by atoms with Crippen molar-refractivity contribution in [1.82, 2.24) is 9.88 Å². The number of hydrogen-bond donors (Lipinski definition) is 2. The van der Waals surface area contributed by atoms with Gasteiger partial charge in [0, 0.05) is 55.7 Å². The van der Waals surface area contributed by atoms with Crippen LogP contribution in [0.1, 0.15) is 40.7 Å².